The smallest absolute Gasteiger partial charge is 0.255 e. The lowest BCUT2D eigenvalue weighted by atomic mass is 10.2. The van der Waals surface area contributed by atoms with Crippen molar-refractivity contribution in [3.05, 3.63) is 65.5 Å². The summed E-state index contributed by atoms with van der Waals surface area (Å²) in [5, 5.41) is 2.88. The summed E-state index contributed by atoms with van der Waals surface area (Å²) in [5.41, 5.74) is 4.77. The molecule has 21 heavy (non-hydrogen) atoms. The van der Waals surface area contributed by atoms with E-state index in [-0.39, 0.29) is 5.91 Å². The van der Waals surface area contributed by atoms with Gasteiger partial charge in [0, 0.05) is 11.3 Å². The Morgan fingerprint density at radius 3 is 2.29 bits per heavy atom. The lowest BCUT2D eigenvalue weighted by Crippen LogP contribution is -2.11. The maximum absolute atomic E-state index is 12.1. The minimum absolute atomic E-state index is 0.133. The molecule has 0 fully saturated rings. The zero-order valence-corrected chi connectivity index (χ0v) is 11.9. The van der Waals surface area contributed by atoms with Crippen LogP contribution in [0.2, 0.25) is 0 Å². The lowest BCUT2D eigenvalue weighted by molar-refractivity contribution is 0.102. The molecule has 0 spiro atoms. The monoisotopic (exact) mass is 277 g/mol. The maximum Gasteiger partial charge on any atom is 0.255 e. The van der Waals surface area contributed by atoms with Gasteiger partial charge in [-0.25, -0.2) is 9.97 Å². The summed E-state index contributed by atoms with van der Waals surface area (Å²) in [6.07, 6.45) is 0. The second kappa shape index (κ2) is 5.32. The quantitative estimate of drug-likeness (QED) is 0.780. The van der Waals surface area contributed by atoms with E-state index in [0.717, 1.165) is 22.4 Å². The molecule has 4 nitrogen and oxygen atoms in total. The minimum Gasteiger partial charge on any atom is -0.322 e. The molecule has 3 aromatic rings. The molecule has 1 amide bonds. The van der Waals surface area contributed by atoms with E-state index < -0.39 is 0 Å². The molecular weight excluding hydrogens is 262 g/mol. The zero-order valence-electron chi connectivity index (χ0n) is 11.9. The van der Waals surface area contributed by atoms with Crippen molar-refractivity contribution < 1.29 is 4.79 Å². The molecule has 1 N–H and O–H groups in total. The van der Waals surface area contributed by atoms with E-state index in [4.69, 9.17) is 0 Å². The van der Waals surface area contributed by atoms with Gasteiger partial charge in [-0.3, -0.25) is 4.79 Å². The van der Waals surface area contributed by atoms with Crippen LogP contribution in [0.5, 0.6) is 0 Å². The second-order valence-corrected chi connectivity index (χ2v) is 4.92. The molecule has 0 aliphatic heterocycles. The maximum atomic E-state index is 12.1. The van der Waals surface area contributed by atoms with Crippen molar-refractivity contribution in [1.29, 1.82) is 0 Å². The van der Waals surface area contributed by atoms with Crippen LogP contribution in [-0.4, -0.2) is 15.9 Å². The van der Waals surface area contributed by atoms with Gasteiger partial charge in [-0.15, -0.1) is 0 Å². The number of aromatic nitrogens is 2. The van der Waals surface area contributed by atoms with Gasteiger partial charge in [0.15, 0.2) is 0 Å². The Bertz CT molecular complexity index is 813. The van der Waals surface area contributed by atoms with Crippen LogP contribution in [0.1, 0.15) is 21.7 Å². The lowest BCUT2D eigenvalue weighted by Gasteiger charge is -2.07. The van der Waals surface area contributed by atoms with Crippen molar-refractivity contribution in [2.75, 3.05) is 5.32 Å². The standard InChI is InChI=1S/C17H15N3O/c1-11-12(2)19-16-10-14(8-9-15(16)18-11)20-17(21)13-6-4-3-5-7-13/h3-10H,1-2H3,(H,20,21). The van der Waals surface area contributed by atoms with E-state index in [1.807, 2.05) is 50.2 Å². The molecule has 0 saturated carbocycles. The van der Waals surface area contributed by atoms with Crippen LogP contribution in [-0.2, 0) is 0 Å². The molecule has 0 aliphatic carbocycles. The first-order chi connectivity index (χ1) is 10.1. The summed E-state index contributed by atoms with van der Waals surface area (Å²) in [6.45, 7) is 3.86. The molecule has 0 saturated heterocycles. The van der Waals surface area contributed by atoms with E-state index in [1.54, 1.807) is 12.1 Å². The molecule has 0 unspecified atom stereocenters. The summed E-state index contributed by atoms with van der Waals surface area (Å²) in [5.74, 6) is -0.133. The van der Waals surface area contributed by atoms with Gasteiger partial charge in [-0.2, -0.15) is 0 Å². The third-order valence-corrected chi connectivity index (χ3v) is 3.37. The molecule has 1 heterocycles. The molecule has 0 aliphatic rings. The average molecular weight is 277 g/mol. The topological polar surface area (TPSA) is 54.9 Å². The molecular formula is C17H15N3O. The Balaban J connectivity index is 1.91. The van der Waals surface area contributed by atoms with Crippen molar-refractivity contribution >= 4 is 22.6 Å². The zero-order chi connectivity index (χ0) is 14.8. The summed E-state index contributed by atoms with van der Waals surface area (Å²) in [7, 11) is 0. The number of anilines is 1. The number of rotatable bonds is 2. The second-order valence-electron chi connectivity index (χ2n) is 4.92. The summed E-state index contributed by atoms with van der Waals surface area (Å²) in [4.78, 5) is 21.1. The summed E-state index contributed by atoms with van der Waals surface area (Å²) < 4.78 is 0. The third-order valence-electron chi connectivity index (χ3n) is 3.37. The highest BCUT2D eigenvalue weighted by Gasteiger charge is 2.07. The number of hydrogen-bond donors (Lipinski definition) is 1. The van der Waals surface area contributed by atoms with Gasteiger partial charge in [-0.05, 0) is 44.2 Å². The van der Waals surface area contributed by atoms with Crippen LogP contribution < -0.4 is 5.32 Å². The van der Waals surface area contributed by atoms with Crippen molar-refractivity contribution in [3.8, 4) is 0 Å². The van der Waals surface area contributed by atoms with Gasteiger partial charge >= 0.3 is 0 Å². The minimum atomic E-state index is -0.133. The van der Waals surface area contributed by atoms with Crippen molar-refractivity contribution in [2.24, 2.45) is 0 Å². The first kappa shape index (κ1) is 13.2. The summed E-state index contributed by atoms with van der Waals surface area (Å²) >= 11 is 0. The molecule has 4 heteroatoms. The molecule has 0 radical (unpaired) electrons. The molecule has 3 rings (SSSR count). The molecule has 1 aromatic heterocycles. The fourth-order valence-electron chi connectivity index (χ4n) is 2.10. The largest absolute Gasteiger partial charge is 0.322 e. The highest BCUT2D eigenvalue weighted by atomic mass is 16.1. The van der Waals surface area contributed by atoms with Gasteiger partial charge in [0.2, 0.25) is 0 Å². The summed E-state index contributed by atoms with van der Waals surface area (Å²) in [6, 6.07) is 14.7. The predicted octanol–water partition coefficient (Wildman–Crippen LogP) is 3.50. The number of nitrogens with one attached hydrogen (secondary N) is 1. The normalized spacial score (nSPS) is 10.6. The predicted molar refractivity (Wildman–Crippen MR) is 83.4 cm³/mol. The highest BCUT2D eigenvalue weighted by molar-refractivity contribution is 6.04. The average Bonchev–Trinajstić information content (AvgIpc) is 2.49. The number of carbonyl (C=O) groups excluding carboxylic acids is 1. The van der Waals surface area contributed by atoms with Gasteiger partial charge in [0.1, 0.15) is 0 Å². The van der Waals surface area contributed by atoms with Crippen LogP contribution in [0.15, 0.2) is 48.5 Å². The Kier molecular flexibility index (Phi) is 3.36. The fraction of sp³-hybridized carbons (Fsp3) is 0.118. The Morgan fingerprint density at radius 1 is 0.905 bits per heavy atom. The number of carbonyl (C=O) groups is 1. The van der Waals surface area contributed by atoms with Gasteiger partial charge in [0.05, 0.1) is 22.4 Å². The van der Waals surface area contributed by atoms with Gasteiger partial charge in [0.25, 0.3) is 5.91 Å². The van der Waals surface area contributed by atoms with Gasteiger partial charge in [-0.1, -0.05) is 18.2 Å². The SMILES string of the molecule is Cc1nc2ccc(NC(=O)c3ccccc3)cc2nc1C. The van der Waals surface area contributed by atoms with Crippen LogP contribution in [0.25, 0.3) is 11.0 Å². The van der Waals surface area contributed by atoms with Crippen molar-refractivity contribution in [2.45, 2.75) is 13.8 Å². The highest BCUT2D eigenvalue weighted by Crippen LogP contribution is 2.18. The van der Waals surface area contributed by atoms with E-state index in [0.29, 0.717) is 11.3 Å². The van der Waals surface area contributed by atoms with Crippen molar-refractivity contribution in [3.63, 3.8) is 0 Å². The number of fused-ring (bicyclic) bond motifs is 1. The van der Waals surface area contributed by atoms with E-state index in [9.17, 15) is 4.79 Å². The van der Waals surface area contributed by atoms with Crippen LogP contribution in [0.4, 0.5) is 5.69 Å². The van der Waals surface area contributed by atoms with Gasteiger partial charge < -0.3 is 5.32 Å². The van der Waals surface area contributed by atoms with Crippen LogP contribution >= 0.6 is 0 Å². The van der Waals surface area contributed by atoms with E-state index in [2.05, 4.69) is 15.3 Å². The number of hydrogen-bond acceptors (Lipinski definition) is 3. The molecule has 104 valence electrons. The number of aryl methyl sites for hydroxylation is 2. The Morgan fingerprint density at radius 2 is 1.57 bits per heavy atom. The molecule has 2 aromatic carbocycles. The van der Waals surface area contributed by atoms with E-state index in [1.165, 1.54) is 0 Å². The Hall–Kier alpha value is -2.75. The van der Waals surface area contributed by atoms with E-state index >= 15 is 0 Å². The van der Waals surface area contributed by atoms with Crippen molar-refractivity contribution in [1.82, 2.24) is 9.97 Å². The third kappa shape index (κ3) is 2.74. The number of nitrogens with zero attached hydrogens (tertiary/aromatic N) is 2. The molecule has 0 atom stereocenters. The van der Waals surface area contributed by atoms with Crippen LogP contribution in [0.3, 0.4) is 0 Å². The number of amides is 1. The first-order valence-corrected chi connectivity index (χ1v) is 6.75. The molecule has 0 bridgehead atoms. The van der Waals surface area contributed by atoms with Crippen LogP contribution in [0, 0.1) is 13.8 Å². The number of benzene rings is 2. The Labute approximate surface area is 122 Å². The fourth-order valence-corrected chi connectivity index (χ4v) is 2.10. The first-order valence-electron chi connectivity index (χ1n) is 6.75.